The van der Waals surface area contributed by atoms with E-state index in [0.29, 0.717) is 10.7 Å². The van der Waals surface area contributed by atoms with Crippen LogP contribution in [0.25, 0.3) is 6.08 Å². The van der Waals surface area contributed by atoms with Gasteiger partial charge < -0.3 is 5.11 Å². The summed E-state index contributed by atoms with van der Waals surface area (Å²) in [6, 6.07) is 9.15. The van der Waals surface area contributed by atoms with Crippen molar-refractivity contribution >= 4 is 58.4 Å². The van der Waals surface area contributed by atoms with Crippen LogP contribution in [0.3, 0.4) is 0 Å². The third-order valence-corrected chi connectivity index (χ3v) is 4.09. The molecule has 2 aromatic rings. The van der Waals surface area contributed by atoms with E-state index in [1.807, 2.05) is 0 Å². The molecule has 0 atom stereocenters. The number of aromatic hydroxyl groups is 1. The summed E-state index contributed by atoms with van der Waals surface area (Å²) in [7, 11) is 0. The van der Waals surface area contributed by atoms with Gasteiger partial charge in [0.1, 0.15) is 11.3 Å². The second-order valence-corrected chi connectivity index (χ2v) is 6.22. The van der Waals surface area contributed by atoms with Gasteiger partial charge in [0.25, 0.3) is 11.8 Å². The first kappa shape index (κ1) is 16.6. The fourth-order valence-electron chi connectivity index (χ4n) is 2.18. The van der Waals surface area contributed by atoms with E-state index in [-0.39, 0.29) is 26.9 Å². The SMILES string of the molecule is O=C1NN(c2ccc(Cl)cc2)C(=O)C1=Cc1cc(Cl)cc(Cl)c1O. The molecule has 0 bridgehead atoms. The second kappa shape index (κ2) is 6.36. The Bertz CT molecular complexity index is 879. The third-order valence-electron chi connectivity index (χ3n) is 3.33. The fourth-order valence-corrected chi connectivity index (χ4v) is 2.82. The van der Waals surface area contributed by atoms with Crippen LogP contribution in [0.15, 0.2) is 42.0 Å². The standard InChI is InChI=1S/C16H9Cl3N2O3/c17-9-1-3-11(4-2-9)21-16(24)12(15(23)20-21)6-8-5-10(18)7-13(19)14(8)22/h1-7,22H,(H,20,23). The summed E-state index contributed by atoms with van der Waals surface area (Å²) in [6.45, 7) is 0. The van der Waals surface area contributed by atoms with E-state index in [1.54, 1.807) is 24.3 Å². The zero-order chi connectivity index (χ0) is 17.4. The first-order valence-corrected chi connectivity index (χ1v) is 7.81. The van der Waals surface area contributed by atoms with E-state index >= 15 is 0 Å². The molecular formula is C16H9Cl3N2O3. The Morgan fingerprint density at radius 2 is 1.67 bits per heavy atom. The highest BCUT2D eigenvalue weighted by atomic mass is 35.5. The summed E-state index contributed by atoms with van der Waals surface area (Å²) in [6.07, 6.45) is 1.24. The van der Waals surface area contributed by atoms with Gasteiger partial charge in [-0.05, 0) is 42.5 Å². The predicted octanol–water partition coefficient (Wildman–Crippen LogP) is 3.81. The van der Waals surface area contributed by atoms with Crippen molar-refractivity contribution in [1.82, 2.24) is 5.43 Å². The van der Waals surface area contributed by atoms with Gasteiger partial charge in [0.05, 0.1) is 10.7 Å². The first-order chi connectivity index (χ1) is 11.4. The van der Waals surface area contributed by atoms with E-state index < -0.39 is 11.8 Å². The third kappa shape index (κ3) is 3.06. The molecule has 0 aliphatic carbocycles. The van der Waals surface area contributed by atoms with Crippen LogP contribution in [-0.4, -0.2) is 16.9 Å². The summed E-state index contributed by atoms with van der Waals surface area (Å²) in [5, 5.41) is 11.8. The lowest BCUT2D eigenvalue weighted by Crippen LogP contribution is -2.35. The highest BCUT2D eigenvalue weighted by Crippen LogP contribution is 2.33. The minimum atomic E-state index is -0.606. The van der Waals surface area contributed by atoms with Gasteiger partial charge in [0.15, 0.2) is 0 Å². The van der Waals surface area contributed by atoms with Gasteiger partial charge in [0, 0.05) is 15.6 Å². The van der Waals surface area contributed by atoms with Gasteiger partial charge in [-0.2, -0.15) is 0 Å². The normalized spacial score (nSPS) is 16.0. The smallest absolute Gasteiger partial charge is 0.282 e. The fraction of sp³-hybridized carbons (Fsp3) is 0. The minimum absolute atomic E-state index is 0.0229. The zero-order valence-corrected chi connectivity index (χ0v) is 14.2. The van der Waals surface area contributed by atoms with Crippen LogP contribution >= 0.6 is 34.8 Å². The molecule has 24 heavy (non-hydrogen) atoms. The summed E-state index contributed by atoms with van der Waals surface area (Å²) >= 11 is 17.5. The average molecular weight is 384 g/mol. The van der Waals surface area contributed by atoms with Gasteiger partial charge in [-0.3, -0.25) is 15.0 Å². The molecule has 0 spiro atoms. The number of hydrogen-bond acceptors (Lipinski definition) is 3. The maximum Gasteiger partial charge on any atom is 0.282 e. The summed E-state index contributed by atoms with van der Waals surface area (Å²) in [5.41, 5.74) is 2.91. The largest absolute Gasteiger partial charge is 0.506 e. The molecule has 1 aliphatic rings. The number of phenolic OH excluding ortho intramolecular Hbond substituents is 1. The van der Waals surface area contributed by atoms with E-state index in [4.69, 9.17) is 34.8 Å². The zero-order valence-electron chi connectivity index (χ0n) is 11.9. The molecule has 0 aromatic heterocycles. The van der Waals surface area contributed by atoms with Crippen LogP contribution < -0.4 is 10.4 Å². The predicted molar refractivity (Wildman–Crippen MR) is 93.2 cm³/mol. The Morgan fingerprint density at radius 1 is 1.00 bits per heavy atom. The lowest BCUT2D eigenvalue weighted by molar-refractivity contribution is -0.117. The Labute approximate surface area is 152 Å². The highest BCUT2D eigenvalue weighted by Gasteiger charge is 2.34. The molecule has 2 N–H and O–H groups in total. The number of amides is 2. The van der Waals surface area contributed by atoms with Crippen LogP contribution in [0.4, 0.5) is 5.69 Å². The van der Waals surface area contributed by atoms with Gasteiger partial charge in [-0.1, -0.05) is 34.8 Å². The van der Waals surface area contributed by atoms with E-state index in [2.05, 4.69) is 5.43 Å². The molecule has 0 saturated carbocycles. The lowest BCUT2D eigenvalue weighted by Gasteiger charge is -2.14. The molecule has 8 heteroatoms. The van der Waals surface area contributed by atoms with Crippen molar-refractivity contribution in [3.8, 4) is 5.75 Å². The Balaban J connectivity index is 1.99. The minimum Gasteiger partial charge on any atom is -0.506 e. The van der Waals surface area contributed by atoms with Crippen molar-refractivity contribution in [2.45, 2.75) is 0 Å². The molecule has 2 amide bonds. The van der Waals surface area contributed by atoms with Crippen molar-refractivity contribution in [2.24, 2.45) is 0 Å². The van der Waals surface area contributed by atoms with Crippen molar-refractivity contribution in [2.75, 3.05) is 5.01 Å². The highest BCUT2D eigenvalue weighted by molar-refractivity contribution is 6.36. The summed E-state index contributed by atoms with van der Waals surface area (Å²) in [5.74, 6) is -1.44. The summed E-state index contributed by atoms with van der Waals surface area (Å²) < 4.78 is 0. The Hall–Kier alpha value is -2.21. The van der Waals surface area contributed by atoms with Crippen LogP contribution in [0, 0.1) is 0 Å². The first-order valence-electron chi connectivity index (χ1n) is 6.67. The molecule has 1 fully saturated rings. The molecule has 1 saturated heterocycles. The Morgan fingerprint density at radius 3 is 2.33 bits per heavy atom. The monoisotopic (exact) mass is 382 g/mol. The lowest BCUT2D eigenvalue weighted by atomic mass is 10.1. The Kier molecular flexibility index (Phi) is 4.41. The number of nitrogens with one attached hydrogen (secondary N) is 1. The average Bonchev–Trinajstić information content (AvgIpc) is 2.81. The van der Waals surface area contributed by atoms with Crippen LogP contribution in [-0.2, 0) is 9.59 Å². The number of phenols is 1. The number of anilines is 1. The maximum atomic E-state index is 12.5. The number of benzene rings is 2. The number of carbonyl (C=O) groups is 2. The van der Waals surface area contributed by atoms with E-state index in [9.17, 15) is 14.7 Å². The molecule has 5 nitrogen and oxygen atoms in total. The number of hydrazine groups is 1. The topological polar surface area (TPSA) is 69.6 Å². The molecule has 122 valence electrons. The van der Waals surface area contributed by atoms with Gasteiger partial charge in [-0.25, -0.2) is 5.01 Å². The molecule has 3 rings (SSSR count). The molecule has 1 aliphatic heterocycles. The van der Waals surface area contributed by atoms with Crippen LogP contribution in [0.5, 0.6) is 5.75 Å². The summed E-state index contributed by atoms with van der Waals surface area (Å²) in [4.78, 5) is 24.6. The number of rotatable bonds is 2. The number of nitrogens with zero attached hydrogens (tertiary/aromatic N) is 1. The maximum absolute atomic E-state index is 12.5. The van der Waals surface area contributed by atoms with Crippen molar-refractivity contribution in [1.29, 1.82) is 0 Å². The molecule has 0 unspecified atom stereocenters. The quantitative estimate of drug-likeness (QED) is 0.612. The molecule has 1 heterocycles. The molecular weight excluding hydrogens is 375 g/mol. The number of carbonyl (C=O) groups excluding carboxylic acids is 2. The van der Waals surface area contributed by atoms with Gasteiger partial charge in [-0.15, -0.1) is 0 Å². The van der Waals surface area contributed by atoms with Crippen molar-refractivity contribution in [3.05, 3.63) is 62.6 Å². The van der Waals surface area contributed by atoms with Gasteiger partial charge in [0.2, 0.25) is 0 Å². The number of hydrogen-bond donors (Lipinski definition) is 2. The van der Waals surface area contributed by atoms with Crippen molar-refractivity contribution < 1.29 is 14.7 Å². The molecule has 0 radical (unpaired) electrons. The van der Waals surface area contributed by atoms with E-state index in [1.165, 1.54) is 18.2 Å². The second-order valence-electron chi connectivity index (χ2n) is 4.94. The van der Waals surface area contributed by atoms with Gasteiger partial charge >= 0.3 is 0 Å². The number of halogens is 3. The van der Waals surface area contributed by atoms with E-state index in [0.717, 1.165) is 5.01 Å². The van der Waals surface area contributed by atoms with Crippen LogP contribution in [0.1, 0.15) is 5.56 Å². The van der Waals surface area contributed by atoms with Crippen LogP contribution in [0.2, 0.25) is 15.1 Å². The molecule has 2 aromatic carbocycles. The van der Waals surface area contributed by atoms with Crippen molar-refractivity contribution in [3.63, 3.8) is 0 Å².